The van der Waals surface area contributed by atoms with Crippen LogP contribution in [0.15, 0.2) is 53.0 Å². The van der Waals surface area contributed by atoms with Crippen molar-refractivity contribution in [1.29, 1.82) is 0 Å². The highest BCUT2D eigenvalue weighted by Crippen LogP contribution is 2.29. The zero-order chi connectivity index (χ0) is 18.7. The largest absolute Gasteiger partial charge is 0.497 e. The van der Waals surface area contributed by atoms with Crippen LogP contribution in [0, 0.1) is 6.92 Å². The molecule has 0 N–H and O–H groups in total. The zero-order valence-electron chi connectivity index (χ0n) is 14.1. The third-order valence-corrected chi connectivity index (χ3v) is 6.70. The van der Waals surface area contributed by atoms with Gasteiger partial charge in [-0.1, -0.05) is 23.7 Å². The number of sulfonamides is 1. The molecule has 0 fully saturated rings. The Kier molecular flexibility index (Phi) is 5.45. The van der Waals surface area contributed by atoms with Gasteiger partial charge < -0.3 is 4.74 Å². The van der Waals surface area contributed by atoms with Crippen molar-refractivity contribution < 1.29 is 13.2 Å². The Morgan fingerprint density at radius 3 is 2.54 bits per heavy atom. The maximum atomic E-state index is 13.2. The van der Waals surface area contributed by atoms with E-state index in [0.717, 1.165) is 5.56 Å². The standard InChI is InChI=1S/C17H16ClN3O3S2/c1-12-9-15(10-20-16(12)18)26(22,23)21(17-19-7-8-25-17)11-13-3-5-14(24-2)6-4-13/h3-10H,11H2,1-2H3. The quantitative estimate of drug-likeness (QED) is 0.577. The number of aromatic nitrogens is 2. The Labute approximate surface area is 161 Å². The van der Waals surface area contributed by atoms with Gasteiger partial charge in [0.25, 0.3) is 10.0 Å². The van der Waals surface area contributed by atoms with Crippen LogP contribution in [-0.4, -0.2) is 25.5 Å². The van der Waals surface area contributed by atoms with E-state index >= 15 is 0 Å². The Bertz CT molecular complexity index is 991. The number of hydrogen-bond donors (Lipinski definition) is 0. The van der Waals surface area contributed by atoms with Crippen LogP contribution in [0.4, 0.5) is 5.13 Å². The van der Waals surface area contributed by atoms with Crippen molar-refractivity contribution in [1.82, 2.24) is 9.97 Å². The fourth-order valence-corrected chi connectivity index (χ4v) is 4.70. The fourth-order valence-electron chi connectivity index (χ4n) is 2.29. The minimum atomic E-state index is -3.85. The first-order chi connectivity index (χ1) is 12.4. The lowest BCUT2D eigenvalue weighted by Crippen LogP contribution is -2.30. The second-order valence-corrected chi connectivity index (χ2v) is 8.55. The molecule has 0 aliphatic rings. The van der Waals surface area contributed by atoms with Crippen LogP contribution < -0.4 is 9.04 Å². The molecule has 0 saturated heterocycles. The third kappa shape index (κ3) is 3.82. The van der Waals surface area contributed by atoms with Gasteiger partial charge in [-0.2, -0.15) is 0 Å². The number of methoxy groups -OCH3 is 1. The average molecular weight is 410 g/mol. The number of thiazole rings is 1. The molecule has 0 bridgehead atoms. The number of halogens is 1. The Balaban J connectivity index is 2.01. The predicted molar refractivity (Wildman–Crippen MR) is 102 cm³/mol. The van der Waals surface area contributed by atoms with Crippen molar-refractivity contribution in [3.63, 3.8) is 0 Å². The van der Waals surface area contributed by atoms with Gasteiger partial charge in [-0.15, -0.1) is 11.3 Å². The minimum Gasteiger partial charge on any atom is -0.497 e. The van der Waals surface area contributed by atoms with E-state index in [4.69, 9.17) is 16.3 Å². The Hall–Kier alpha value is -2.16. The molecule has 0 spiro atoms. The molecule has 0 atom stereocenters. The lowest BCUT2D eigenvalue weighted by molar-refractivity contribution is 0.414. The molecule has 1 aromatic carbocycles. The van der Waals surface area contributed by atoms with E-state index in [2.05, 4.69) is 9.97 Å². The summed E-state index contributed by atoms with van der Waals surface area (Å²) in [5.74, 6) is 0.704. The second-order valence-electron chi connectivity index (χ2n) is 5.45. The summed E-state index contributed by atoms with van der Waals surface area (Å²) in [5, 5.41) is 2.39. The SMILES string of the molecule is COc1ccc(CN(c2nccs2)S(=O)(=O)c2cnc(Cl)c(C)c2)cc1. The molecule has 0 saturated carbocycles. The molecule has 0 radical (unpaired) electrons. The van der Waals surface area contributed by atoms with Crippen molar-refractivity contribution in [3.8, 4) is 5.75 Å². The number of anilines is 1. The number of aryl methyl sites for hydroxylation is 1. The van der Waals surface area contributed by atoms with Crippen molar-refractivity contribution in [3.05, 3.63) is 64.4 Å². The van der Waals surface area contributed by atoms with E-state index in [1.165, 1.54) is 27.9 Å². The number of rotatable bonds is 6. The predicted octanol–water partition coefficient (Wildman–Crippen LogP) is 3.90. The van der Waals surface area contributed by atoms with E-state index in [1.807, 2.05) is 12.1 Å². The van der Waals surface area contributed by atoms with E-state index in [1.54, 1.807) is 37.7 Å². The monoisotopic (exact) mass is 409 g/mol. The van der Waals surface area contributed by atoms with Crippen LogP contribution in [0.5, 0.6) is 5.75 Å². The molecular formula is C17H16ClN3O3S2. The molecular weight excluding hydrogens is 394 g/mol. The zero-order valence-corrected chi connectivity index (χ0v) is 16.5. The maximum absolute atomic E-state index is 13.2. The molecule has 3 aromatic rings. The summed E-state index contributed by atoms with van der Waals surface area (Å²) >= 11 is 7.18. The first-order valence-corrected chi connectivity index (χ1v) is 10.3. The van der Waals surface area contributed by atoms with E-state index in [-0.39, 0.29) is 16.6 Å². The van der Waals surface area contributed by atoms with E-state index < -0.39 is 10.0 Å². The molecule has 0 unspecified atom stereocenters. The van der Waals surface area contributed by atoms with Crippen molar-refractivity contribution in [2.24, 2.45) is 0 Å². The normalized spacial score (nSPS) is 11.3. The topological polar surface area (TPSA) is 72.4 Å². The van der Waals surface area contributed by atoms with Gasteiger partial charge in [-0.05, 0) is 36.2 Å². The number of hydrogen-bond acceptors (Lipinski definition) is 6. The van der Waals surface area contributed by atoms with Crippen LogP contribution >= 0.6 is 22.9 Å². The van der Waals surface area contributed by atoms with Crippen LogP contribution in [0.1, 0.15) is 11.1 Å². The molecule has 0 aliphatic carbocycles. The van der Waals surface area contributed by atoms with Gasteiger partial charge >= 0.3 is 0 Å². The van der Waals surface area contributed by atoms with E-state index in [0.29, 0.717) is 16.4 Å². The summed E-state index contributed by atoms with van der Waals surface area (Å²) in [6, 6.07) is 8.73. The summed E-state index contributed by atoms with van der Waals surface area (Å²) in [7, 11) is -2.27. The summed E-state index contributed by atoms with van der Waals surface area (Å²) in [4.78, 5) is 8.21. The van der Waals surface area contributed by atoms with Gasteiger partial charge in [0.15, 0.2) is 5.13 Å². The molecule has 0 amide bonds. The molecule has 2 heterocycles. The Morgan fingerprint density at radius 1 is 1.23 bits per heavy atom. The smallest absolute Gasteiger partial charge is 0.267 e. The molecule has 26 heavy (non-hydrogen) atoms. The lowest BCUT2D eigenvalue weighted by Gasteiger charge is -2.22. The summed E-state index contributed by atoms with van der Waals surface area (Å²) in [5.41, 5.74) is 1.40. The molecule has 6 nitrogen and oxygen atoms in total. The number of pyridine rings is 1. The molecule has 2 aromatic heterocycles. The van der Waals surface area contributed by atoms with Crippen LogP contribution in [0.2, 0.25) is 5.15 Å². The van der Waals surface area contributed by atoms with Gasteiger partial charge in [0, 0.05) is 17.8 Å². The van der Waals surface area contributed by atoms with E-state index in [9.17, 15) is 8.42 Å². The summed E-state index contributed by atoms with van der Waals surface area (Å²) < 4.78 is 32.8. The van der Waals surface area contributed by atoms with Crippen LogP contribution in [0.3, 0.4) is 0 Å². The first kappa shape index (κ1) is 18.6. The van der Waals surface area contributed by atoms with Crippen molar-refractivity contribution in [2.75, 3.05) is 11.4 Å². The number of nitrogens with zero attached hydrogens (tertiary/aromatic N) is 3. The second kappa shape index (κ2) is 7.61. The van der Waals surface area contributed by atoms with Crippen LogP contribution in [0.25, 0.3) is 0 Å². The highest BCUT2D eigenvalue weighted by molar-refractivity contribution is 7.93. The van der Waals surface area contributed by atoms with Gasteiger partial charge in [-0.3, -0.25) is 0 Å². The van der Waals surface area contributed by atoms with Gasteiger partial charge in [-0.25, -0.2) is 22.7 Å². The minimum absolute atomic E-state index is 0.0723. The van der Waals surface area contributed by atoms with Crippen LogP contribution in [-0.2, 0) is 16.6 Å². The highest BCUT2D eigenvalue weighted by Gasteiger charge is 2.28. The summed E-state index contributed by atoms with van der Waals surface area (Å²) in [6.07, 6.45) is 2.83. The van der Waals surface area contributed by atoms with Gasteiger partial charge in [0.2, 0.25) is 0 Å². The average Bonchev–Trinajstić information content (AvgIpc) is 3.16. The molecule has 3 rings (SSSR count). The van der Waals surface area contributed by atoms with Crippen molar-refractivity contribution >= 4 is 38.1 Å². The number of ether oxygens (including phenoxy) is 1. The van der Waals surface area contributed by atoms with Crippen molar-refractivity contribution in [2.45, 2.75) is 18.4 Å². The third-order valence-electron chi connectivity index (χ3n) is 3.70. The lowest BCUT2D eigenvalue weighted by atomic mass is 10.2. The maximum Gasteiger partial charge on any atom is 0.267 e. The molecule has 9 heteroatoms. The first-order valence-electron chi connectivity index (χ1n) is 7.59. The van der Waals surface area contributed by atoms with Gasteiger partial charge in [0.05, 0.1) is 13.7 Å². The summed E-state index contributed by atoms with van der Waals surface area (Å²) in [6.45, 7) is 1.85. The number of benzene rings is 1. The highest BCUT2D eigenvalue weighted by atomic mass is 35.5. The van der Waals surface area contributed by atoms with Gasteiger partial charge in [0.1, 0.15) is 15.8 Å². The molecule has 136 valence electrons. The molecule has 0 aliphatic heterocycles. The Morgan fingerprint density at radius 2 is 1.96 bits per heavy atom. The fraction of sp³-hybridized carbons (Fsp3) is 0.176.